The normalized spacial score (nSPS) is 13.1. The molecule has 0 aliphatic carbocycles. The van der Waals surface area contributed by atoms with Crippen molar-refractivity contribution < 1.29 is 4.74 Å². The first-order valence-electron chi connectivity index (χ1n) is 7.45. The van der Waals surface area contributed by atoms with Crippen molar-refractivity contribution in [2.24, 2.45) is 0 Å². The summed E-state index contributed by atoms with van der Waals surface area (Å²) in [6.07, 6.45) is 1.82. The van der Waals surface area contributed by atoms with E-state index in [9.17, 15) is 0 Å². The van der Waals surface area contributed by atoms with Crippen LogP contribution in [0.15, 0.2) is 49.1 Å². The van der Waals surface area contributed by atoms with Crippen LogP contribution in [0.2, 0.25) is 0 Å². The molecule has 0 aromatic heterocycles. The molecular formula is C19H25NO. The van der Waals surface area contributed by atoms with Gasteiger partial charge in [-0.15, -0.1) is 0 Å². The predicted molar refractivity (Wildman–Crippen MR) is 90.8 cm³/mol. The highest BCUT2D eigenvalue weighted by atomic mass is 16.5. The van der Waals surface area contributed by atoms with Crippen LogP contribution in [-0.2, 0) is 6.54 Å². The van der Waals surface area contributed by atoms with E-state index in [2.05, 4.69) is 69.1 Å². The molecule has 2 heteroatoms. The molecule has 112 valence electrons. The van der Waals surface area contributed by atoms with E-state index in [1.54, 1.807) is 0 Å². The molecule has 2 nitrogen and oxygen atoms in total. The van der Waals surface area contributed by atoms with Gasteiger partial charge in [0.2, 0.25) is 0 Å². The Labute approximate surface area is 127 Å². The number of ether oxygens (including phenoxy) is 1. The largest absolute Gasteiger partial charge is 0.486 e. The molecule has 2 rings (SSSR count). The van der Waals surface area contributed by atoms with Crippen LogP contribution in [0.3, 0.4) is 0 Å². The van der Waals surface area contributed by atoms with Crippen molar-refractivity contribution in [1.82, 2.24) is 5.32 Å². The van der Waals surface area contributed by atoms with Crippen LogP contribution in [0.1, 0.15) is 33.3 Å². The standard InChI is InChI=1S/C19H25NO/c1-6-14(2)21-18-12-11-15-9-7-8-10-16(15)17(18)13-20-19(3,4)5/h6-12,14,20H,1,13H2,2-5H3. The van der Waals surface area contributed by atoms with Gasteiger partial charge in [-0.1, -0.05) is 43.0 Å². The molecule has 0 aliphatic rings. The molecule has 0 bridgehead atoms. The van der Waals surface area contributed by atoms with E-state index in [4.69, 9.17) is 4.74 Å². The van der Waals surface area contributed by atoms with Crippen LogP contribution in [0.4, 0.5) is 0 Å². The smallest absolute Gasteiger partial charge is 0.125 e. The minimum absolute atomic E-state index is 0.000418. The van der Waals surface area contributed by atoms with E-state index in [0.717, 1.165) is 12.3 Å². The average molecular weight is 283 g/mol. The second-order valence-corrected chi connectivity index (χ2v) is 6.43. The molecule has 21 heavy (non-hydrogen) atoms. The third kappa shape index (κ3) is 4.08. The van der Waals surface area contributed by atoms with Crippen molar-refractivity contribution >= 4 is 10.8 Å². The van der Waals surface area contributed by atoms with Crippen LogP contribution in [0, 0.1) is 0 Å². The summed E-state index contributed by atoms with van der Waals surface area (Å²) in [6, 6.07) is 12.6. The molecule has 1 unspecified atom stereocenters. The van der Waals surface area contributed by atoms with Gasteiger partial charge in [-0.25, -0.2) is 0 Å². The first kappa shape index (κ1) is 15.6. The topological polar surface area (TPSA) is 21.3 Å². The number of hydrogen-bond donors (Lipinski definition) is 1. The van der Waals surface area contributed by atoms with Gasteiger partial charge in [0.05, 0.1) is 0 Å². The Hall–Kier alpha value is -1.80. The van der Waals surface area contributed by atoms with Crippen LogP contribution in [-0.4, -0.2) is 11.6 Å². The van der Waals surface area contributed by atoms with Crippen molar-refractivity contribution in [3.8, 4) is 5.75 Å². The zero-order chi connectivity index (χ0) is 15.5. The lowest BCUT2D eigenvalue weighted by molar-refractivity contribution is 0.266. The summed E-state index contributed by atoms with van der Waals surface area (Å²) < 4.78 is 6.01. The van der Waals surface area contributed by atoms with E-state index in [0.29, 0.717) is 0 Å². The molecule has 2 aromatic carbocycles. The van der Waals surface area contributed by atoms with Crippen molar-refractivity contribution in [2.75, 3.05) is 0 Å². The van der Waals surface area contributed by atoms with Gasteiger partial charge >= 0.3 is 0 Å². The van der Waals surface area contributed by atoms with Gasteiger partial charge in [0.15, 0.2) is 0 Å². The van der Waals surface area contributed by atoms with E-state index >= 15 is 0 Å². The minimum Gasteiger partial charge on any atom is -0.486 e. The summed E-state index contributed by atoms with van der Waals surface area (Å²) in [5.41, 5.74) is 1.27. The molecule has 1 atom stereocenters. The maximum atomic E-state index is 6.01. The Morgan fingerprint density at radius 2 is 1.90 bits per heavy atom. The Bertz CT molecular complexity index is 625. The fourth-order valence-corrected chi connectivity index (χ4v) is 2.21. The quantitative estimate of drug-likeness (QED) is 0.804. The highest BCUT2D eigenvalue weighted by Crippen LogP contribution is 2.29. The Morgan fingerprint density at radius 1 is 1.19 bits per heavy atom. The van der Waals surface area contributed by atoms with Crippen molar-refractivity contribution in [3.05, 3.63) is 54.6 Å². The molecule has 0 radical (unpaired) electrons. The van der Waals surface area contributed by atoms with Gasteiger partial charge in [0.25, 0.3) is 0 Å². The van der Waals surface area contributed by atoms with E-state index < -0.39 is 0 Å². The van der Waals surface area contributed by atoms with Crippen LogP contribution >= 0.6 is 0 Å². The Balaban J connectivity index is 2.44. The molecular weight excluding hydrogens is 258 g/mol. The molecule has 0 amide bonds. The Kier molecular flexibility index (Phi) is 4.69. The molecule has 0 saturated heterocycles. The maximum Gasteiger partial charge on any atom is 0.125 e. The first-order chi connectivity index (χ1) is 9.90. The SMILES string of the molecule is C=CC(C)Oc1ccc2ccccc2c1CNC(C)(C)C. The van der Waals surface area contributed by atoms with Gasteiger partial charge in [-0.3, -0.25) is 0 Å². The number of nitrogens with one attached hydrogen (secondary N) is 1. The maximum absolute atomic E-state index is 6.01. The highest BCUT2D eigenvalue weighted by molar-refractivity contribution is 5.87. The van der Waals surface area contributed by atoms with Crippen molar-refractivity contribution in [3.63, 3.8) is 0 Å². The molecule has 0 aliphatic heterocycles. The van der Waals surface area contributed by atoms with E-state index in [1.165, 1.54) is 16.3 Å². The third-order valence-corrected chi connectivity index (χ3v) is 3.44. The summed E-state index contributed by atoms with van der Waals surface area (Å²) in [6.45, 7) is 13.1. The number of hydrogen-bond acceptors (Lipinski definition) is 2. The molecule has 2 aromatic rings. The number of fused-ring (bicyclic) bond motifs is 1. The summed E-state index contributed by atoms with van der Waals surface area (Å²) >= 11 is 0. The third-order valence-electron chi connectivity index (χ3n) is 3.44. The van der Waals surface area contributed by atoms with Gasteiger partial charge in [0.1, 0.15) is 11.9 Å². The first-order valence-corrected chi connectivity index (χ1v) is 7.45. The zero-order valence-electron chi connectivity index (χ0n) is 13.4. The monoisotopic (exact) mass is 283 g/mol. The highest BCUT2D eigenvalue weighted by Gasteiger charge is 2.14. The van der Waals surface area contributed by atoms with Gasteiger partial charge < -0.3 is 10.1 Å². The van der Waals surface area contributed by atoms with Crippen molar-refractivity contribution in [1.29, 1.82) is 0 Å². The summed E-state index contributed by atoms with van der Waals surface area (Å²) in [7, 11) is 0. The van der Waals surface area contributed by atoms with Gasteiger partial charge in [0, 0.05) is 17.6 Å². The lowest BCUT2D eigenvalue weighted by atomic mass is 10.0. The lowest BCUT2D eigenvalue weighted by Gasteiger charge is -2.23. The Morgan fingerprint density at radius 3 is 2.57 bits per heavy atom. The molecule has 0 saturated carbocycles. The second-order valence-electron chi connectivity index (χ2n) is 6.43. The molecule has 0 spiro atoms. The summed E-state index contributed by atoms with van der Waals surface area (Å²) in [5, 5.41) is 6.03. The predicted octanol–water partition coefficient (Wildman–Crippen LogP) is 4.68. The zero-order valence-corrected chi connectivity index (χ0v) is 13.4. The van der Waals surface area contributed by atoms with Crippen LogP contribution in [0.25, 0.3) is 10.8 Å². The number of benzene rings is 2. The fraction of sp³-hybridized carbons (Fsp3) is 0.368. The lowest BCUT2D eigenvalue weighted by Crippen LogP contribution is -2.35. The second kappa shape index (κ2) is 6.31. The van der Waals surface area contributed by atoms with Crippen LogP contribution in [0.5, 0.6) is 5.75 Å². The molecule has 0 heterocycles. The van der Waals surface area contributed by atoms with Gasteiger partial charge in [-0.2, -0.15) is 0 Å². The summed E-state index contributed by atoms with van der Waals surface area (Å²) in [5.74, 6) is 0.929. The van der Waals surface area contributed by atoms with Crippen LogP contribution < -0.4 is 10.1 Å². The average Bonchev–Trinajstić information content (AvgIpc) is 2.44. The van der Waals surface area contributed by atoms with E-state index in [1.807, 2.05) is 13.0 Å². The van der Waals surface area contributed by atoms with Crippen molar-refractivity contribution in [2.45, 2.75) is 45.9 Å². The molecule has 1 N–H and O–H groups in total. The van der Waals surface area contributed by atoms with E-state index in [-0.39, 0.29) is 11.6 Å². The fourth-order valence-electron chi connectivity index (χ4n) is 2.21. The van der Waals surface area contributed by atoms with Gasteiger partial charge in [-0.05, 0) is 44.5 Å². The number of rotatable bonds is 5. The minimum atomic E-state index is -0.000418. The molecule has 0 fully saturated rings. The summed E-state index contributed by atoms with van der Waals surface area (Å²) in [4.78, 5) is 0.